The first-order valence-corrected chi connectivity index (χ1v) is 2.69. The van der Waals surface area contributed by atoms with Crippen molar-refractivity contribution < 1.29 is 0 Å². The predicted octanol–water partition coefficient (Wildman–Crippen LogP) is -0.204. The maximum absolute atomic E-state index is 5.48. The molecule has 9 heavy (non-hydrogen) atoms. The molecule has 4 heteroatoms. The zero-order chi connectivity index (χ0) is 7.02. The molecule has 50 valence electrons. The van der Waals surface area contributed by atoms with Crippen LogP contribution in [0.1, 0.15) is 11.3 Å². The topological polar surface area (TPSA) is 69.9 Å². The lowest BCUT2D eigenvalue weighted by atomic mass is 10.3. The van der Waals surface area contributed by atoms with E-state index >= 15 is 0 Å². The molecule has 0 aliphatic heterocycles. The van der Waals surface area contributed by atoms with Crippen LogP contribution in [0.3, 0.4) is 0 Å². The Labute approximate surface area is 53.4 Å². The molecule has 0 fully saturated rings. The molecule has 0 bridgehead atoms. The van der Waals surface area contributed by atoms with Crippen LogP contribution < -0.4 is 11.6 Å². The Bertz CT molecular complexity index is 203. The van der Waals surface area contributed by atoms with Crippen LogP contribution >= 0.6 is 0 Å². The van der Waals surface area contributed by atoms with Crippen LogP contribution in [-0.4, -0.2) is 9.89 Å². The SMILES string of the molecule is Cc1nn(N)c(N)c1C. The summed E-state index contributed by atoms with van der Waals surface area (Å²) in [5, 5.41) is 3.88. The van der Waals surface area contributed by atoms with E-state index < -0.39 is 0 Å². The standard InChI is InChI=1S/C5H10N4/c1-3-4(2)8-9(7)5(3)6/h6-7H2,1-2H3. The third kappa shape index (κ3) is 0.718. The minimum absolute atomic E-state index is 0.535. The fraction of sp³-hybridized carbons (Fsp3) is 0.400. The molecule has 0 aliphatic rings. The van der Waals surface area contributed by atoms with Crippen LogP contribution in [0.4, 0.5) is 5.82 Å². The molecule has 0 unspecified atom stereocenters. The fourth-order valence-electron chi connectivity index (χ4n) is 0.648. The van der Waals surface area contributed by atoms with Gasteiger partial charge in [0.05, 0.1) is 5.69 Å². The Kier molecular flexibility index (Phi) is 1.09. The van der Waals surface area contributed by atoms with E-state index in [4.69, 9.17) is 11.6 Å². The summed E-state index contributed by atoms with van der Waals surface area (Å²) in [6, 6.07) is 0. The molecule has 1 aromatic heterocycles. The van der Waals surface area contributed by atoms with E-state index in [1.807, 2.05) is 13.8 Å². The molecule has 0 radical (unpaired) electrons. The van der Waals surface area contributed by atoms with E-state index in [-0.39, 0.29) is 0 Å². The van der Waals surface area contributed by atoms with E-state index in [1.165, 1.54) is 4.79 Å². The molecular formula is C5H10N4. The Morgan fingerprint density at radius 2 is 2.00 bits per heavy atom. The molecule has 1 aromatic rings. The van der Waals surface area contributed by atoms with Gasteiger partial charge in [-0.15, -0.1) is 0 Å². The van der Waals surface area contributed by atoms with Gasteiger partial charge in [0, 0.05) is 5.56 Å². The van der Waals surface area contributed by atoms with Gasteiger partial charge in [0.15, 0.2) is 0 Å². The number of aryl methyl sites for hydroxylation is 1. The average Bonchev–Trinajstić information content (AvgIpc) is 1.98. The number of rotatable bonds is 0. The van der Waals surface area contributed by atoms with E-state index in [0.717, 1.165) is 11.3 Å². The van der Waals surface area contributed by atoms with Gasteiger partial charge in [0.25, 0.3) is 0 Å². The minimum Gasteiger partial charge on any atom is -0.382 e. The van der Waals surface area contributed by atoms with Gasteiger partial charge < -0.3 is 11.6 Å². The van der Waals surface area contributed by atoms with Crippen molar-refractivity contribution in [2.45, 2.75) is 13.8 Å². The summed E-state index contributed by atoms with van der Waals surface area (Å²) < 4.78 is 0. The van der Waals surface area contributed by atoms with Crippen molar-refractivity contribution in [3.05, 3.63) is 11.3 Å². The van der Waals surface area contributed by atoms with Crippen molar-refractivity contribution in [3.8, 4) is 0 Å². The van der Waals surface area contributed by atoms with Crippen molar-refractivity contribution >= 4 is 5.82 Å². The average molecular weight is 126 g/mol. The second-order valence-electron chi connectivity index (χ2n) is 2.04. The molecule has 0 aliphatic carbocycles. The molecule has 0 atom stereocenters. The summed E-state index contributed by atoms with van der Waals surface area (Å²) >= 11 is 0. The number of aromatic nitrogens is 2. The van der Waals surface area contributed by atoms with E-state index in [9.17, 15) is 0 Å². The third-order valence-corrected chi connectivity index (χ3v) is 1.43. The molecule has 0 amide bonds. The number of nitrogens with two attached hydrogens (primary N) is 2. The van der Waals surface area contributed by atoms with Gasteiger partial charge in [0.1, 0.15) is 5.82 Å². The van der Waals surface area contributed by atoms with Crippen LogP contribution in [-0.2, 0) is 0 Å². The van der Waals surface area contributed by atoms with Crippen molar-refractivity contribution in [2.24, 2.45) is 0 Å². The first-order chi connectivity index (χ1) is 4.13. The van der Waals surface area contributed by atoms with Gasteiger partial charge in [-0.3, -0.25) is 0 Å². The zero-order valence-corrected chi connectivity index (χ0v) is 5.55. The highest BCUT2D eigenvalue weighted by Crippen LogP contribution is 2.10. The monoisotopic (exact) mass is 126 g/mol. The van der Waals surface area contributed by atoms with Gasteiger partial charge >= 0.3 is 0 Å². The quantitative estimate of drug-likeness (QED) is 0.473. The summed E-state index contributed by atoms with van der Waals surface area (Å²) in [7, 11) is 0. The maximum Gasteiger partial charge on any atom is 0.147 e. The Hall–Kier alpha value is -1.19. The lowest BCUT2D eigenvalue weighted by molar-refractivity contribution is 0.827. The molecule has 1 heterocycles. The van der Waals surface area contributed by atoms with Crippen LogP contribution in [0.5, 0.6) is 0 Å². The lowest BCUT2D eigenvalue weighted by Crippen LogP contribution is -2.13. The van der Waals surface area contributed by atoms with Crippen molar-refractivity contribution in [1.29, 1.82) is 0 Å². The van der Waals surface area contributed by atoms with Crippen LogP contribution in [0, 0.1) is 13.8 Å². The highest BCUT2D eigenvalue weighted by Gasteiger charge is 2.03. The molecule has 4 nitrogen and oxygen atoms in total. The Morgan fingerprint density at radius 1 is 1.44 bits per heavy atom. The number of hydrogen-bond acceptors (Lipinski definition) is 3. The van der Waals surface area contributed by atoms with Gasteiger partial charge in [0.2, 0.25) is 0 Å². The van der Waals surface area contributed by atoms with Gasteiger partial charge in [-0.2, -0.15) is 9.89 Å². The van der Waals surface area contributed by atoms with Crippen LogP contribution in [0.2, 0.25) is 0 Å². The summed E-state index contributed by atoms with van der Waals surface area (Å²) in [5.74, 6) is 5.86. The largest absolute Gasteiger partial charge is 0.382 e. The van der Waals surface area contributed by atoms with E-state index in [0.29, 0.717) is 5.82 Å². The molecule has 0 spiro atoms. The Balaban J connectivity index is 3.29. The molecule has 4 N–H and O–H groups in total. The number of nitrogens with zero attached hydrogens (tertiary/aromatic N) is 2. The molecule has 0 saturated carbocycles. The molecule has 1 rings (SSSR count). The second kappa shape index (κ2) is 1.65. The molecule has 0 aromatic carbocycles. The number of hydrogen-bond donors (Lipinski definition) is 2. The maximum atomic E-state index is 5.48. The summed E-state index contributed by atoms with van der Waals surface area (Å²) in [4.78, 5) is 1.19. The first-order valence-electron chi connectivity index (χ1n) is 2.69. The van der Waals surface area contributed by atoms with Gasteiger partial charge in [-0.25, -0.2) is 0 Å². The Morgan fingerprint density at radius 3 is 2.11 bits per heavy atom. The van der Waals surface area contributed by atoms with Crippen LogP contribution in [0.25, 0.3) is 0 Å². The molecule has 0 saturated heterocycles. The van der Waals surface area contributed by atoms with Crippen molar-refractivity contribution in [1.82, 2.24) is 9.89 Å². The number of anilines is 1. The highest BCUT2D eigenvalue weighted by atomic mass is 15.5. The first kappa shape index (κ1) is 5.94. The summed E-state index contributed by atoms with van der Waals surface area (Å²) in [5.41, 5.74) is 7.32. The van der Waals surface area contributed by atoms with E-state index in [1.54, 1.807) is 0 Å². The van der Waals surface area contributed by atoms with E-state index in [2.05, 4.69) is 5.10 Å². The predicted molar refractivity (Wildman–Crippen MR) is 36.3 cm³/mol. The van der Waals surface area contributed by atoms with Gasteiger partial charge in [-0.1, -0.05) is 0 Å². The third-order valence-electron chi connectivity index (χ3n) is 1.43. The van der Waals surface area contributed by atoms with Crippen molar-refractivity contribution in [2.75, 3.05) is 11.6 Å². The highest BCUT2D eigenvalue weighted by molar-refractivity contribution is 5.41. The second-order valence-corrected chi connectivity index (χ2v) is 2.04. The smallest absolute Gasteiger partial charge is 0.147 e. The fourth-order valence-corrected chi connectivity index (χ4v) is 0.648. The minimum atomic E-state index is 0.535. The normalized spacial score (nSPS) is 10.0. The zero-order valence-electron chi connectivity index (χ0n) is 5.55. The lowest BCUT2D eigenvalue weighted by Gasteiger charge is -1.91. The number of nitrogen functional groups attached to an aromatic ring is 2. The summed E-state index contributed by atoms with van der Waals surface area (Å²) in [6.45, 7) is 3.76. The van der Waals surface area contributed by atoms with Crippen molar-refractivity contribution in [3.63, 3.8) is 0 Å². The molecular weight excluding hydrogens is 116 g/mol. The van der Waals surface area contributed by atoms with Crippen LogP contribution in [0.15, 0.2) is 0 Å². The summed E-state index contributed by atoms with van der Waals surface area (Å²) in [6.07, 6.45) is 0. The van der Waals surface area contributed by atoms with Gasteiger partial charge in [-0.05, 0) is 13.8 Å².